The van der Waals surface area contributed by atoms with Crippen molar-refractivity contribution in [3.63, 3.8) is 0 Å². The SMILES string of the molecule is COc1ccc(-c2ccc(N3CCN(C(=O)CN(C[C@@H]4CCCO4)C(=O)C4CCC4)CC3)nn2)cc1. The maximum absolute atomic E-state index is 13.1. The van der Waals surface area contributed by atoms with Gasteiger partial charge in [0.2, 0.25) is 11.8 Å². The van der Waals surface area contributed by atoms with E-state index in [0.717, 1.165) is 61.5 Å². The molecule has 3 heterocycles. The summed E-state index contributed by atoms with van der Waals surface area (Å²) in [4.78, 5) is 31.9. The Morgan fingerprint density at radius 3 is 2.36 bits per heavy atom. The fourth-order valence-corrected chi connectivity index (χ4v) is 5.04. The number of nitrogens with zero attached hydrogens (tertiary/aromatic N) is 5. The van der Waals surface area contributed by atoms with Crippen molar-refractivity contribution in [2.75, 3.05) is 57.9 Å². The van der Waals surface area contributed by atoms with E-state index in [4.69, 9.17) is 9.47 Å². The molecule has 0 spiro atoms. The van der Waals surface area contributed by atoms with Crippen LogP contribution in [-0.2, 0) is 14.3 Å². The Hall–Kier alpha value is -3.20. The van der Waals surface area contributed by atoms with Crippen LogP contribution in [0.2, 0.25) is 0 Å². The Bertz CT molecular complexity index is 1030. The fourth-order valence-electron chi connectivity index (χ4n) is 5.04. The van der Waals surface area contributed by atoms with Gasteiger partial charge in [-0.05, 0) is 62.1 Å². The average molecular weight is 494 g/mol. The third kappa shape index (κ3) is 5.61. The molecule has 1 aliphatic carbocycles. The first-order valence-electron chi connectivity index (χ1n) is 13.0. The fraction of sp³-hybridized carbons (Fsp3) is 0.556. The zero-order valence-corrected chi connectivity index (χ0v) is 21.0. The van der Waals surface area contributed by atoms with Gasteiger partial charge in [0.15, 0.2) is 5.82 Å². The van der Waals surface area contributed by atoms with Crippen LogP contribution in [0.3, 0.4) is 0 Å². The molecule has 3 aliphatic rings. The minimum absolute atomic E-state index is 0.0151. The second-order valence-electron chi connectivity index (χ2n) is 9.85. The summed E-state index contributed by atoms with van der Waals surface area (Å²) in [7, 11) is 1.65. The largest absolute Gasteiger partial charge is 0.497 e. The molecule has 1 saturated carbocycles. The van der Waals surface area contributed by atoms with Crippen molar-refractivity contribution in [2.24, 2.45) is 5.92 Å². The Labute approximate surface area is 212 Å². The number of piperazine rings is 1. The number of ether oxygens (including phenoxy) is 2. The van der Waals surface area contributed by atoms with E-state index in [0.29, 0.717) is 32.7 Å². The lowest BCUT2D eigenvalue weighted by molar-refractivity contribution is -0.146. The predicted octanol–water partition coefficient (Wildman–Crippen LogP) is 2.61. The van der Waals surface area contributed by atoms with Crippen LogP contribution >= 0.6 is 0 Å². The molecule has 1 aromatic heterocycles. The topological polar surface area (TPSA) is 88.1 Å². The lowest BCUT2D eigenvalue weighted by Crippen LogP contribution is -2.53. The third-order valence-corrected chi connectivity index (χ3v) is 7.53. The number of hydrogen-bond acceptors (Lipinski definition) is 7. The predicted molar refractivity (Wildman–Crippen MR) is 136 cm³/mol. The molecule has 1 atom stereocenters. The van der Waals surface area contributed by atoms with Gasteiger partial charge in [-0.2, -0.15) is 0 Å². The van der Waals surface area contributed by atoms with Crippen molar-refractivity contribution in [1.82, 2.24) is 20.0 Å². The number of carbonyl (C=O) groups is 2. The minimum Gasteiger partial charge on any atom is -0.497 e. The van der Waals surface area contributed by atoms with Gasteiger partial charge in [-0.15, -0.1) is 10.2 Å². The zero-order chi connectivity index (χ0) is 24.9. The molecule has 2 saturated heterocycles. The Kier molecular flexibility index (Phi) is 7.65. The number of amides is 2. The summed E-state index contributed by atoms with van der Waals surface area (Å²) in [6, 6.07) is 11.7. The van der Waals surface area contributed by atoms with Gasteiger partial charge in [0, 0.05) is 50.8 Å². The van der Waals surface area contributed by atoms with Crippen molar-refractivity contribution in [3.8, 4) is 17.0 Å². The molecule has 2 amide bonds. The molecule has 1 aromatic carbocycles. The van der Waals surface area contributed by atoms with Crippen molar-refractivity contribution in [2.45, 2.75) is 38.2 Å². The molecule has 9 heteroatoms. The summed E-state index contributed by atoms with van der Waals surface area (Å²) in [5.41, 5.74) is 1.78. The summed E-state index contributed by atoms with van der Waals surface area (Å²) in [5.74, 6) is 1.82. The molecular weight excluding hydrogens is 458 g/mol. The van der Waals surface area contributed by atoms with Gasteiger partial charge in [-0.25, -0.2) is 0 Å². The van der Waals surface area contributed by atoms with Gasteiger partial charge in [0.05, 0.1) is 25.5 Å². The highest BCUT2D eigenvalue weighted by Gasteiger charge is 2.33. The number of rotatable bonds is 8. The first kappa shape index (κ1) is 24.5. The molecule has 0 N–H and O–H groups in total. The molecule has 9 nitrogen and oxygen atoms in total. The van der Waals surface area contributed by atoms with Crippen molar-refractivity contribution < 1.29 is 19.1 Å². The summed E-state index contributed by atoms with van der Waals surface area (Å²) in [6.45, 7) is 3.99. The number of benzene rings is 1. The van der Waals surface area contributed by atoms with Crippen LogP contribution in [0, 0.1) is 5.92 Å². The van der Waals surface area contributed by atoms with Crippen LogP contribution < -0.4 is 9.64 Å². The summed E-state index contributed by atoms with van der Waals surface area (Å²) in [5, 5.41) is 8.83. The van der Waals surface area contributed by atoms with Gasteiger partial charge in [0.1, 0.15) is 5.75 Å². The van der Waals surface area contributed by atoms with Crippen LogP contribution in [0.15, 0.2) is 36.4 Å². The highest BCUT2D eigenvalue weighted by Crippen LogP contribution is 2.29. The van der Waals surface area contributed by atoms with Gasteiger partial charge in [-0.1, -0.05) is 6.42 Å². The molecule has 36 heavy (non-hydrogen) atoms. The van der Waals surface area contributed by atoms with E-state index < -0.39 is 0 Å². The van der Waals surface area contributed by atoms with Crippen molar-refractivity contribution >= 4 is 17.6 Å². The van der Waals surface area contributed by atoms with Crippen LogP contribution in [0.25, 0.3) is 11.3 Å². The standard InChI is InChI=1S/C27H35N5O4/c1-35-22-9-7-20(8-10-22)24-11-12-25(29-28-24)30-13-15-31(16-14-30)26(33)19-32(18-23-6-3-17-36-23)27(34)21-4-2-5-21/h7-12,21,23H,2-6,13-19H2,1H3/t23-/m0/s1. The van der Waals surface area contributed by atoms with E-state index in [1.807, 2.05) is 41.3 Å². The van der Waals surface area contributed by atoms with Crippen LogP contribution in [0.1, 0.15) is 32.1 Å². The summed E-state index contributed by atoms with van der Waals surface area (Å²) in [6.07, 6.45) is 5.01. The molecule has 3 fully saturated rings. The normalized spacial score (nSPS) is 20.2. The van der Waals surface area contributed by atoms with Crippen LogP contribution in [-0.4, -0.2) is 90.9 Å². The number of anilines is 1. The maximum Gasteiger partial charge on any atom is 0.242 e. The van der Waals surface area contributed by atoms with Gasteiger partial charge >= 0.3 is 0 Å². The minimum atomic E-state index is 0.0151. The van der Waals surface area contributed by atoms with E-state index in [2.05, 4.69) is 15.1 Å². The molecule has 2 aromatic rings. The number of aromatic nitrogens is 2. The highest BCUT2D eigenvalue weighted by molar-refractivity contribution is 5.86. The molecular formula is C27H35N5O4. The smallest absolute Gasteiger partial charge is 0.242 e. The van der Waals surface area contributed by atoms with E-state index >= 15 is 0 Å². The third-order valence-electron chi connectivity index (χ3n) is 7.53. The molecule has 5 rings (SSSR count). The Balaban J connectivity index is 1.15. The summed E-state index contributed by atoms with van der Waals surface area (Å²) < 4.78 is 11.0. The monoisotopic (exact) mass is 493 g/mol. The number of methoxy groups -OCH3 is 1. The first-order valence-corrected chi connectivity index (χ1v) is 13.0. The molecule has 0 bridgehead atoms. The zero-order valence-electron chi connectivity index (χ0n) is 21.0. The Morgan fingerprint density at radius 1 is 1.00 bits per heavy atom. The highest BCUT2D eigenvalue weighted by atomic mass is 16.5. The lowest BCUT2D eigenvalue weighted by Gasteiger charge is -2.37. The number of hydrogen-bond donors (Lipinski definition) is 0. The quantitative estimate of drug-likeness (QED) is 0.559. The second-order valence-corrected chi connectivity index (χ2v) is 9.85. The Morgan fingerprint density at radius 2 is 1.78 bits per heavy atom. The molecule has 0 unspecified atom stereocenters. The van der Waals surface area contributed by atoms with E-state index in [9.17, 15) is 9.59 Å². The molecule has 192 valence electrons. The van der Waals surface area contributed by atoms with E-state index in [1.54, 1.807) is 12.0 Å². The van der Waals surface area contributed by atoms with Gasteiger partial charge in [0.25, 0.3) is 0 Å². The molecule has 2 aliphatic heterocycles. The molecule has 0 radical (unpaired) electrons. The van der Waals surface area contributed by atoms with Crippen molar-refractivity contribution in [1.29, 1.82) is 0 Å². The number of carbonyl (C=O) groups excluding carboxylic acids is 2. The van der Waals surface area contributed by atoms with E-state index in [1.165, 1.54) is 0 Å². The lowest BCUT2D eigenvalue weighted by atomic mass is 9.84. The van der Waals surface area contributed by atoms with E-state index in [-0.39, 0.29) is 30.4 Å². The average Bonchev–Trinajstić information content (AvgIpc) is 3.41. The maximum atomic E-state index is 13.1. The van der Waals surface area contributed by atoms with Gasteiger partial charge in [-0.3, -0.25) is 9.59 Å². The van der Waals surface area contributed by atoms with Crippen LogP contribution in [0.5, 0.6) is 5.75 Å². The summed E-state index contributed by atoms with van der Waals surface area (Å²) >= 11 is 0. The van der Waals surface area contributed by atoms with Gasteiger partial charge < -0.3 is 24.2 Å². The van der Waals surface area contributed by atoms with Crippen molar-refractivity contribution in [3.05, 3.63) is 36.4 Å². The van der Waals surface area contributed by atoms with Crippen LogP contribution in [0.4, 0.5) is 5.82 Å². The first-order chi connectivity index (χ1) is 17.6. The second kappa shape index (κ2) is 11.2.